The molecule has 2 N–H and O–H groups in total. The van der Waals surface area contributed by atoms with Gasteiger partial charge in [-0.15, -0.1) is 0 Å². The number of carbonyl (C=O) groups is 2. The lowest BCUT2D eigenvalue weighted by Gasteiger charge is -2.29. The van der Waals surface area contributed by atoms with Crippen molar-refractivity contribution in [3.8, 4) is 0 Å². The van der Waals surface area contributed by atoms with Crippen LogP contribution in [0.4, 0.5) is 0 Å². The van der Waals surface area contributed by atoms with Crippen molar-refractivity contribution in [1.29, 1.82) is 0 Å². The standard InChI is InChI=1S/C14H25NO3/c1-9(2)11(8-12(16)17)15-13(18)10-6-5-7-14(10,3)4/h9-11H,5-8H2,1-4H3,(H,15,18)(H,16,17). The first-order valence-corrected chi connectivity index (χ1v) is 6.76. The van der Waals surface area contributed by atoms with Crippen LogP contribution in [0, 0.1) is 17.3 Å². The van der Waals surface area contributed by atoms with Gasteiger partial charge in [0.05, 0.1) is 6.42 Å². The molecule has 1 fully saturated rings. The van der Waals surface area contributed by atoms with Crippen LogP contribution in [0.3, 0.4) is 0 Å². The molecule has 4 nitrogen and oxygen atoms in total. The van der Waals surface area contributed by atoms with Gasteiger partial charge in [0.2, 0.25) is 5.91 Å². The number of nitrogens with one attached hydrogen (secondary N) is 1. The van der Waals surface area contributed by atoms with Gasteiger partial charge >= 0.3 is 5.97 Å². The highest BCUT2D eigenvalue weighted by Crippen LogP contribution is 2.42. The second-order valence-corrected chi connectivity index (χ2v) is 6.39. The molecule has 104 valence electrons. The lowest BCUT2D eigenvalue weighted by Crippen LogP contribution is -2.45. The van der Waals surface area contributed by atoms with E-state index in [2.05, 4.69) is 19.2 Å². The summed E-state index contributed by atoms with van der Waals surface area (Å²) in [5.74, 6) is -0.681. The third kappa shape index (κ3) is 3.72. The van der Waals surface area contributed by atoms with Crippen LogP contribution < -0.4 is 5.32 Å². The lowest BCUT2D eigenvalue weighted by molar-refractivity contribution is -0.138. The first kappa shape index (κ1) is 15.0. The smallest absolute Gasteiger partial charge is 0.305 e. The Labute approximate surface area is 109 Å². The van der Waals surface area contributed by atoms with Crippen molar-refractivity contribution in [3.63, 3.8) is 0 Å². The molecule has 0 aromatic rings. The minimum Gasteiger partial charge on any atom is -0.481 e. The minimum atomic E-state index is -0.861. The van der Waals surface area contributed by atoms with E-state index in [0.29, 0.717) is 0 Å². The number of hydrogen-bond donors (Lipinski definition) is 2. The van der Waals surface area contributed by atoms with E-state index in [9.17, 15) is 9.59 Å². The topological polar surface area (TPSA) is 66.4 Å². The molecular formula is C14H25NO3. The Bertz CT molecular complexity index is 323. The van der Waals surface area contributed by atoms with Crippen molar-refractivity contribution in [2.45, 2.75) is 59.4 Å². The van der Waals surface area contributed by atoms with Crippen molar-refractivity contribution >= 4 is 11.9 Å². The normalized spacial score (nSPS) is 23.9. The summed E-state index contributed by atoms with van der Waals surface area (Å²) in [6, 6.07) is -0.272. The van der Waals surface area contributed by atoms with Crippen LogP contribution in [0.15, 0.2) is 0 Å². The lowest BCUT2D eigenvalue weighted by atomic mass is 9.81. The molecule has 0 bridgehead atoms. The molecule has 0 saturated heterocycles. The zero-order chi connectivity index (χ0) is 13.9. The van der Waals surface area contributed by atoms with Crippen LogP contribution in [0.5, 0.6) is 0 Å². The predicted octanol–water partition coefficient (Wildman–Crippen LogP) is 2.43. The number of rotatable bonds is 5. The van der Waals surface area contributed by atoms with E-state index >= 15 is 0 Å². The maximum Gasteiger partial charge on any atom is 0.305 e. The summed E-state index contributed by atoms with van der Waals surface area (Å²) < 4.78 is 0. The quantitative estimate of drug-likeness (QED) is 0.793. The molecular weight excluding hydrogens is 230 g/mol. The summed E-state index contributed by atoms with van der Waals surface area (Å²) >= 11 is 0. The van der Waals surface area contributed by atoms with Gasteiger partial charge in [0.1, 0.15) is 0 Å². The molecule has 1 rings (SSSR count). The molecule has 0 aromatic heterocycles. The first-order valence-electron chi connectivity index (χ1n) is 6.76. The van der Waals surface area contributed by atoms with Gasteiger partial charge in [-0.2, -0.15) is 0 Å². The maximum atomic E-state index is 12.3. The largest absolute Gasteiger partial charge is 0.481 e. The maximum absolute atomic E-state index is 12.3. The number of hydrogen-bond acceptors (Lipinski definition) is 2. The third-order valence-electron chi connectivity index (χ3n) is 4.10. The SMILES string of the molecule is CC(C)C(CC(=O)O)NC(=O)C1CCCC1(C)C. The van der Waals surface area contributed by atoms with Crippen LogP contribution in [0.2, 0.25) is 0 Å². The fourth-order valence-electron chi connectivity index (χ4n) is 2.74. The van der Waals surface area contributed by atoms with Crippen LogP contribution >= 0.6 is 0 Å². The molecule has 0 radical (unpaired) electrons. The molecule has 1 aliphatic carbocycles. The zero-order valence-electron chi connectivity index (χ0n) is 11.8. The number of aliphatic carboxylic acids is 1. The highest BCUT2D eigenvalue weighted by Gasteiger charge is 2.40. The predicted molar refractivity (Wildman–Crippen MR) is 70.1 cm³/mol. The number of carboxylic acids is 1. The van der Waals surface area contributed by atoms with Gasteiger partial charge in [-0.05, 0) is 24.2 Å². The monoisotopic (exact) mass is 255 g/mol. The Morgan fingerprint density at radius 3 is 2.39 bits per heavy atom. The summed E-state index contributed by atoms with van der Waals surface area (Å²) in [5, 5.41) is 11.8. The highest BCUT2D eigenvalue weighted by molar-refractivity contribution is 5.80. The molecule has 0 heterocycles. The average molecular weight is 255 g/mol. The van der Waals surface area contributed by atoms with Crippen molar-refractivity contribution < 1.29 is 14.7 Å². The molecule has 1 saturated carbocycles. The van der Waals surface area contributed by atoms with E-state index < -0.39 is 5.97 Å². The van der Waals surface area contributed by atoms with E-state index in [-0.39, 0.29) is 35.6 Å². The van der Waals surface area contributed by atoms with Crippen molar-refractivity contribution in [1.82, 2.24) is 5.32 Å². The summed E-state index contributed by atoms with van der Waals surface area (Å²) in [6.07, 6.45) is 3.06. The highest BCUT2D eigenvalue weighted by atomic mass is 16.4. The Balaban J connectivity index is 2.64. The summed E-state index contributed by atoms with van der Waals surface area (Å²) in [6.45, 7) is 8.11. The van der Waals surface area contributed by atoms with Gasteiger partial charge in [-0.1, -0.05) is 34.1 Å². The molecule has 2 atom stereocenters. The average Bonchev–Trinajstić information content (AvgIpc) is 2.56. The van der Waals surface area contributed by atoms with Crippen molar-refractivity contribution in [2.24, 2.45) is 17.3 Å². The van der Waals surface area contributed by atoms with Gasteiger partial charge < -0.3 is 10.4 Å². The fourth-order valence-corrected chi connectivity index (χ4v) is 2.74. The van der Waals surface area contributed by atoms with Gasteiger partial charge in [0, 0.05) is 12.0 Å². The Morgan fingerprint density at radius 1 is 1.39 bits per heavy atom. The molecule has 0 aromatic carbocycles. The van der Waals surface area contributed by atoms with E-state index in [1.165, 1.54) is 0 Å². The Morgan fingerprint density at radius 2 is 2.00 bits per heavy atom. The molecule has 4 heteroatoms. The number of carbonyl (C=O) groups excluding carboxylic acids is 1. The van der Waals surface area contributed by atoms with Gasteiger partial charge in [0.15, 0.2) is 0 Å². The molecule has 1 aliphatic rings. The van der Waals surface area contributed by atoms with Crippen LogP contribution in [0.1, 0.15) is 53.4 Å². The number of carboxylic acid groups (broad SMARTS) is 1. The van der Waals surface area contributed by atoms with E-state index in [1.54, 1.807) is 0 Å². The molecule has 0 aliphatic heterocycles. The second-order valence-electron chi connectivity index (χ2n) is 6.39. The first-order chi connectivity index (χ1) is 8.24. The van der Waals surface area contributed by atoms with Gasteiger partial charge in [-0.3, -0.25) is 9.59 Å². The van der Waals surface area contributed by atoms with Crippen molar-refractivity contribution in [3.05, 3.63) is 0 Å². The van der Waals surface area contributed by atoms with Crippen LogP contribution in [-0.2, 0) is 9.59 Å². The third-order valence-corrected chi connectivity index (χ3v) is 4.10. The van der Waals surface area contributed by atoms with Crippen LogP contribution in [-0.4, -0.2) is 23.0 Å². The van der Waals surface area contributed by atoms with E-state index in [0.717, 1.165) is 19.3 Å². The zero-order valence-corrected chi connectivity index (χ0v) is 11.8. The summed E-state index contributed by atoms with van der Waals surface area (Å²) in [7, 11) is 0. The summed E-state index contributed by atoms with van der Waals surface area (Å²) in [4.78, 5) is 23.0. The molecule has 18 heavy (non-hydrogen) atoms. The minimum absolute atomic E-state index is 0.00342. The Hall–Kier alpha value is -1.06. The molecule has 0 spiro atoms. The van der Waals surface area contributed by atoms with E-state index in [1.807, 2.05) is 13.8 Å². The Kier molecular flexibility index (Phi) is 4.77. The van der Waals surface area contributed by atoms with Gasteiger partial charge in [-0.25, -0.2) is 0 Å². The number of amides is 1. The van der Waals surface area contributed by atoms with E-state index in [4.69, 9.17) is 5.11 Å². The summed E-state index contributed by atoms with van der Waals surface area (Å²) in [5.41, 5.74) is 0.0365. The molecule has 2 unspecified atom stereocenters. The second kappa shape index (κ2) is 5.72. The molecule has 1 amide bonds. The fraction of sp³-hybridized carbons (Fsp3) is 0.857. The van der Waals surface area contributed by atoms with Crippen LogP contribution in [0.25, 0.3) is 0 Å². The van der Waals surface area contributed by atoms with Crippen molar-refractivity contribution in [2.75, 3.05) is 0 Å². The van der Waals surface area contributed by atoms with Gasteiger partial charge in [0.25, 0.3) is 0 Å².